The first-order chi connectivity index (χ1) is 14.3. The summed E-state index contributed by atoms with van der Waals surface area (Å²) in [4.78, 5) is 12.8. The van der Waals surface area contributed by atoms with Crippen molar-refractivity contribution >= 4 is 5.91 Å². The fraction of sp³-hybridized carbons (Fsp3) is 0.130. The van der Waals surface area contributed by atoms with Crippen LogP contribution in [-0.2, 0) is 0 Å². The van der Waals surface area contributed by atoms with Gasteiger partial charge in [0.05, 0.1) is 11.3 Å². The molecule has 0 fully saturated rings. The monoisotopic (exact) mass is 383 g/mol. The highest BCUT2D eigenvalue weighted by molar-refractivity contribution is 5.97. The Morgan fingerprint density at radius 1 is 0.862 bits per heavy atom. The van der Waals surface area contributed by atoms with Gasteiger partial charge < -0.3 is 5.32 Å². The average Bonchev–Trinajstić information content (AvgIpc) is 3.33. The molecule has 144 valence electrons. The molecule has 0 aliphatic carbocycles. The molecule has 0 spiro atoms. The van der Waals surface area contributed by atoms with Crippen LogP contribution >= 0.6 is 0 Å². The highest BCUT2D eigenvalue weighted by Crippen LogP contribution is 2.27. The van der Waals surface area contributed by atoms with E-state index in [0.29, 0.717) is 17.8 Å². The number of nitrogens with zero attached hydrogens (tertiary/aromatic N) is 4. The van der Waals surface area contributed by atoms with Crippen molar-refractivity contribution in [2.75, 3.05) is 6.54 Å². The SMILES string of the molecule is O=C(NCCC(c1ccccc1)c1ccccc1)c1ccccc1-n1cnnn1. The van der Waals surface area contributed by atoms with E-state index in [1.165, 1.54) is 22.1 Å². The summed E-state index contributed by atoms with van der Waals surface area (Å²) >= 11 is 0. The van der Waals surface area contributed by atoms with Crippen molar-refractivity contribution in [3.63, 3.8) is 0 Å². The van der Waals surface area contributed by atoms with Gasteiger partial charge in [0.25, 0.3) is 5.91 Å². The number of nitrogens with one attached hydrogen (secondary N) is 1. The van der Waals surface area contributed by atoms with Crippen molar-refractivity contribution < 1.29 is 4.79 Å². The Labute approximate surface area is 169 Å². The molecule has 0 saturated carbocycles. The van der Waals surface area contributed by atoms with E-state index in [1.807, 2.05) is 54.6 Å². The molecule has 1 N–H and O–H groups in total. The number of aromatic nitrogens is 4. The highest BCUT2D eigenvalue weighted by Gasteiger charge is 2.16. The van der Waals surface area contributed by atoms with Crippen LogP contribution in [0.4, 0.5) is 0 Å². The zero-order valence-corrected chi connectivity index (χ0v) is 15.8. The molecule has 3 aromatic carbocycles. The minimum atomic E-state index is -0.143. The van der Waals surface area contributed by atoms with Gasteiger partial charge in [-0.25, -0.2) is 0 Å². The molecule has 0 atom stereocenters. The van der Waals surface area contributed by atoms with Gasteiger partial charge in [0.1, 0.15) is 6.33 Å². The fourth-order valence-corrected chi connectivity index (χ4v) is 3.46. The Kier molecular flexibility index (Phi) is 5.71. The quantitative estimate of drug-likeness (QED) is 0.529. The average molecular weight is 383 g/mol. The lowest BCUT2D eigenvalue weighted by molar-refractivity contribution is 0.0952. The second-order valence-electron chi connectivity index (χ2n) is 6.69. The molecule has 6 heteroatoms. The maximum atomic E-state index is 12.8. The number of carbonyl (C=O) groups is 1. The van der Waals surface area contributed by atoms with Crippen LogP contribution in [0.2, 0.25) is 0 Å². The second-order valence-corrected chi connectivity index (χ2v) is 6.69. The highest BCUT2D eigenvalue weighted by atomic mass is 16.1. The van der Waals surface area contributed by atoms with Crippen LogP contribution in [-0.4, -0.2) is 32.7 Å². The van der Waals surface area contributed by atoms with Gasteiger partial charge in [-0.1, -0.05) is 72.8 Å². The zero-order valence-electron chi connectivity index (χ0n) is 15.8. The predicted molar refractivity (Wildman–Crippen MR) is 111 cm³/mol. The Hall–Kier alpha value is -3.80. The first kappa shape index (κ1) is 18.6. The predicted octanol–water partition coefficient (Wildman–Crippen LogP) is 3.61. The smallest absolute Gasteiger partial charge is 0.253 e. The second kappa shape index (κ2) is 8.93. The lowest BCUT2D eigenvalue weighted by Gasteiger charge is -2.18. The summed E-state index contributed by atoms with van der Waals surface area (Å²) in [6, 6.07) is 28.0. The third kappa shape index (κ3) is 4.38. The maximum Gasteiger partial charge on any atom is 0.253 e. The van der Waals surface area contributed by atoms with Gasteiger partial charge >= 0.3 is 0 Å². The van der Waals surface area contributed by atoms with Gasteiger partial charge in [-0.15, -0.1) is 5.10 Å². The lowest BCUT2D eigenvalue weighted by Crippen LogP contribution is -2.27. The summed E-state index contributed by atoms with van der Waals surface area (Å²) in [5.74, 6) is 0.0726. The maximum absolute atomic E-state index is 12.8. The summed E-state index contributed by atoms with van der Waals surface area (Å²) in [7, 11) is 0. The molecule has 29 heavy (non-hydrogen) atoms. The van der Waals surface area contributed by atoms with E-state index < -0.39 is 0 Å². The van der Waals surface area contributed by atoms with Gasteiger partial charge in [-0.2, -0.15) is 4.68 Å². The normalized spacial score (nSPS) is 10.8. The molecular formula is C23H21N5O. The molecule has 0 aliphatic heterocycles. The van der Waals surface area contributed by atoms with Gasteiger partial charge in [-0.05, 0) is 40.1 Å². The van der Waals surface area contributed by atoms with Gasteiger partial charge in [0.2, 0.25) is 0 Å². The van der Waals surface area contributed by atoms with Crippen molar-refractivity contribution in [2.45, 2.75) is 12.3 Å². The molecule has 0 saturated heterocycles. The molecule has 0 aliphatic rings. The molecule has 0 unspecified atom stereocenters. The van der Waals surface area contributed by atoms with Crippen molar-refractivity contribution in [1.29, 1.82) is 0 Å². The van der Waals surface area contributed by atoms with Crippen LogP contribution in [0.1, 0.15) is 33.8 Å². The van der Waals surface area contributed by atoms with Gasteiger partial charge in [0, 0.05) is 12.5 Å². The van der Waals surface area contributed by atoms with E-state index in [9.17, 15) is 4.79 Å². The molecule has 4 rings (SSSR count). The standard InChI is InChI=1S/C23H21N5O/c29-23(21-13-7-8-14-22(21)28-17-25-26-27-28)24-16-15-20(18-9-3-1-4-10-18)19-11-5-2-6-12-19/h1-14,17,20H,15-16H2,(H,24,29). The summed E-state index contributed by atoms with van der Waals surface area (Å²) in [6.45, 7) is 0.553. The third-order valence-electron chi connectivity index (χ3n) is 4.87. The largest absolute Gasteiger partial charge is 0.352 e. The number of hydrogen-bond acceptors (Lipinski definition) is 4. The fourth-order valence-electron chi connectivity index (χ4n) is 3.46. The Balaban J connectivity index is 1.48. The molecule has 6 nitrogen and oxygen atoms in total. The summed E-state index contributed by atoms with van der Waals surface area (Å²) < 4.78 is 1.49. The Bertz CT molecular complexity index is 1010. The molecule has 1 aromatic heterocycles. The molecule has 0 radical (unpaired) electrons. The third-order valence-corrected chi connectivity index (χ3v) is 4.87. The molecule has 1 amide bonds. The number of hydrogen-bond donors (Lipinski definition) is 1. The van der Waals surface area contributed by atoms with Crippen molar-refractivity contribution in [2.24, 2.45) is 0 Å². The Morgan fingerprint density at radius 2 is 1.48 bits per heavy atom. The molecular weight excluding hydrogens is 362 g/mol. The Morgan fingerprint density at radius 3 is 2.10 bits per heavy atom. The zero-order chi connectivity index (χ0) is 19.9. The van der Waals surface area contributed by atoms with Crippen LogP contribution < -0.4 is 5.32 Å². The topological polar surface area (TPSA) is 72.7 Å². The van der Waals surface area contributed by atoms with E-state index in [0.717, 1.165) is 6.42 Å². The first-order valence-corrected chi connectivity index (χ1v) is 9.53. The van der Waals surface area contributed by atoms with E-state index in [1.54, 1.807) is 6.07 Å². The summed E-state index contributed by atoms with van der Waals surface area (Å²) in [6.07, 6.45) is 2.28. The van der Waals surface area contributed by atoms with Gasteiger partial charge in [-0.3, -0.25) is 4.79 Å². The van der Waals surface area contributed by atoms with E-state index in [2.05, 4.69) is 45.1 Å². The molecule has 4 aromatic rings. The molecule has 1 heterocycles. The summed E-state index contributed by atoms with van der Waals surface area (Å²) in [5.41, 5.74) is 3.66. The first-order valence-electron chi connectivity index (χ1n) is 9.53. The number of carbonyl (C=O) groups excluding carboxylic acids is 1. The van der Waals surface area contributed by atoms with Crippen LogP contribution in [0.5, 0.6) is 0 Å². The minimum absolute atomic E-state index is 0.143. The van der Waals surface area contributed by atoms with Crippen LogP contribution in [0.15, 0.2) is 91.3 Å². The number of rotatable bonds is 7. The minimum Gasteiger partial charge on any atom is -0.352 e. The van der Waals surface area contributed by atoms with Crippen LogP contribution in [0.3, 0.4) is 0 Å². The number of tetrazole rings is 1. The number of para-hydroxylation sites is 1. The summed E-state index contributed by atoms with van der Waals surface area (Å²) in [5, 5.41) is 14.2. The van der Waals surface area contributed by atoms with Gasteiger partial charge in [0.15, 0.2) is 0 Å². The van der Waals surface area contributed by atoms with E-state index in [4.69, 9.17) is 0 Å². The number of amides is 1. The lowest BCUT2D eigenvalue weighted by atomic mass is 9.88. The van der Waals surface area contributed by atoms with Crippen molar-refractivity contribution in [3.8, 4) is 5.69 Å². The number of benzene rings is 3. The van der Waals surface area contributed by atoms with Crippen molar-refractivity contribution in [1.82, 2.24) is 25.5 Å². The van der Waals surface area contributed by atoms with Crippen molar-refractivity contribution in [3.05, 3.63) is 108 Å². The van der Waals surface area contributed by atoms with E-state index in [-0.39, 0.29) is 11.8 Å². The van der Waals surface area contributed by atoms with E-state index >= 15 is 0 Å². The molecule has 0 bridgehead atoms. The van der Waals surface area contributed by atoms with Crippen LogP contribution in [0.25, 0.3) is 5.69 Å². The van der Waals surface area contributed by atoms with Crippen LogP contribution in [0, 0.1) is 0 Å².